The molecule has 1 aliphatic heterocycles. The Morgan fingerprint density at radius 3 is 2.29 bits per heavy atom. The minimum absolute atomic E-state index is 0.0579. The van der Waals surface area contributed by atoms with E-state index in [-0.39, 0.29) is 6.61 Å². The van der Waals surface area contributed by atoms with Gasteiger partial charge in [0.25, 0.3) is 0 Å². The molecule has 1 atom stereocenters. The molecule has 1 aromatic carbocycles. The van der Waals surface area contributed by atoms with Crippen LogP contribution >= 0.6 is 0 Å². The summed E-state index contributed by atoms with van der Waals surface area (Å²) in [5.74, 6) is 0.763. The largest absolute Gasteiger partial charge is 0.411 e. The van der Waals surface area contributed by atoms with E-state index in [1.54, 1.807) is 12.1 Å². The van der Waals surface area contributed by atoms with Gasteiger partial charge < -0.3 is 20.3 Å². The van der Waals surface area contributed by atoms with Crippen LogP contribution in [0.4, 0.5) is 13.2 Å². The van der Waals surface area contributed by atoms with Crippen molar-refractivity contribution in [1.29, 1.82) is 0 Å². The molecule has 1 fully saturated rings. The molecular formula is C22H36F3N5O. The Morgan fingerprint density at radius 2 is 1.71 bits per heavy atom. The maximum absolute atomic E-state index is 12.2. The zero-order valence-electron chi connectivity index (χ0n) is 18.8. The van der Waals surface area contributed by atoms with E-state index in [2.05, 4.69) is 39.3 Å². The van der Waals surface area contributed by atoms with Crippen LogP contribution in [-0.4, -0.2) is 80.4 Å². The Balaban J connectivity index is 1.79. The minimum atomic E-state index is -4.30. The van der Waals surface area contributed by atoms with Gasteiger partial charge >= 0.3 is 6.18 Å². The highest BCUT2D eigenvalue weighted by Gasteiger charge is 2.27. The van der Waals surface area contributed by atoms with Gasteiger partial charge in [-0.1, -0.05) is 31.2 Å². The zero-order valence-corrected chi connectivity index (χ0v) is 18.8. The van der Waals surface area contributed by atoms with Crippen LogP contribution < -0.4 is 10.6 Å². The molecule has 176 valence electrons. The van der Waals surface area contributed by atoms with Gasteiger partial charge in [-0.3, -0.25) is 4.90 Å². The van der Waals surface area contributed by atoms with Gasteiger partial charge in [0.1, 0.15) is 6.61 Å². The summed E-state index contributed by atoms with van der Waals surface area (Å²) in [6.45, 7) is 12.8. The lowest BCUT2D eigenvalue weighted by Crippen LogP contribution is -2.53. The average molecular weight is 444 g/mol. The SMILES string of the molecule is CCNC(=NCc1ccc(COCC(F)(F)F)cc1)NCC(C)N1CCN(CC)CC1. The highest BCUT2D eigenvalue weighted by molar-refractivity contribution is 5.79. The number of rotatable bonds is 10. The van der Waals surface area contributed by atoms with Gasteiger partial charge in [0.05, 0.1) is 13.2 Å². The zero-order chi connectivity index (χ0) is 22.7. The number of hydrogen-bond acceptors (Lipinski definition) is 4. The number of nitrogens with one attached hydrogen (secondary N) is 2. The lowest BCUT2D eigenvalue weighted by molar-refractivity contribution is -0.176. The number of halogens is 3. The van der Waals surface area contributed by atoms with Crippen molar-refractivity contribution in [3.05, 3.63) is 35.4 Å². The van der Waals surface area contributed by atoms with E-state index in [1.807, 2.05) is 19.1 Å². The fraction of sp³-hybridized carbons (Fsp3) is 0.682. The first kappa shape index (κ1) is 25.4. The molecule has 0 spiro atoms. The Morgan fingerprint density at radius 1 is 1.06 bits per heavy atom. The molecule has 9 heteroatoms. The molecule has 1 unspecified atom stereocenters. The molecule has 1 aliphatic rings. The molecule has 0 bridgehead atoms. The standard InChI is InChI=1S/C22H36F3N5O/c1-4-26-21(27-14-18(3)30-12-10-29(5-2)11-13-30)28-15-19-6-8-20(9-7-19)16-31-17-22(23,24)25/h6-9,18H,4-5,10-17H2,1-3H3,(H2,26,27,28). The van der Waals surface area contributed by atoms with Crippen LogP contribution in [0.2, 0.25) is 0 Å². The van der Waals surface area contributed by atoms with Crippen LogP contribution in [0, 0.1) is 0 Å². The third kappa shape index (κ3) is 9.88. The summed E-state index contributed by atoms with van der Waals surface area (Å²) in [5.41, 5.74) is 1.69. The second-order valence-corrected chi connectivity index (χ2v) is 7.82. The summed E-state index contributed by atoms with van der Waals surface area (Å²) in [6, 6.07) is 7.71. The molecule has 1 saturated heterocycles. The van der Waals surface area contributed by atoms with Crippen molar-refractivity contribution in [2.45, 2.75) is 46.1 Å². The van der Waals surface area contributed by atoms with Crippen LogP contribution in [0.25, 0.3) is 0 Å². The highest BCUT2D eigenvalue weighted by Crippen LogP contribution is 2.16. The number of hydrogen-bond donors (Lipinski definition) is 2. The summed E-state index contributed by atoms with van der Waals surface area (Å²) in [7, 11) is 0. The second-order valence-electron chi connectivity index (χ2n) is 7.82. The van der Waals surface area contributed by atoms with Gasteiger partial charge in [0.2, 0.25) is 0 Å². The average Bonchev–Trinajstić information content (AvgIpc) is 2.75. The van der Waals surface area contributed by atoms with Crippen molar-refractivity contribution in [3.63, 3.8) is 0 Å². The summed E-state index contributed by atoms with van der Waals surface area (Å²) in [4.78, 5) is 9.61. The number of ether oxygens (including phenoxy) is 1. The fourth-order valence-corrected chi connectivity index (χ4v) is 3.43. The van der Waals surface area contributed by atoms with Crippen molar-refractivity contribution < 1.29 is 17.9 Å². The summed E-state index contributed by atoms with van der Waals surface area (Å²) < 4.78 is 41.2. The summed E-state index contributed by atoms with van der Waals surface area (Å²) >= 11 is 0. The molecule has 0 aromatic heterocycles. The van der Waals surface area contributed by atoms with E-state index in [0.29, 0.717) is 18.2 Å². The first-order chi connectivity index (χ1) is 14.8. The molecule has 1 aromatic rings. The number of piperazine rings is 1. The first-order valence-corrected chi connectivity index (χ1v) is 11.0. The summed E-state index contributed by atoms with van der Waals surface area (Å²) in [5, 5.41) is 6.69. The predicted octanol–water partition coefficient (Wildman–Crippen LogP) is 2.85. The maximum atomic E-state index is 12.2. The molecular weight excluding hydrogens is 407 g/mol. The topological polar surface area (TPSA) is 52.1 Å². The van der Waals surface area contributed by atoms with Crippen LogP contribution in [0.5, 0.6) is 0 Å². The van der Waals surface area contributed by atoms with Gasteiger partial charge in [-0.05, 0) is 31.5 Å². The summed E-state index contributed by atoms with van der Waals surface area (Å²) in [6.07, 6.45) is -4.30. The third-order valence-electron chi connectivity index (χ3n) is 5.36. The number of likely N-dealkylation sites (N-methyl/N-ethyl adjacent to an activating group) is 1. The number of guanidine groups is 1. The van der Waals surface area contributed by atoms with E-state index in [0.717, 1.165) is 57.3 Å². The van der Waals surface area contributed by atoms with E-state index < -0.39 is 12.8 Å². The van der Waals surface area contributed by atoms with Crippen molar-refractivity contribution in [3.8, 4) is 0 Å². The molecule has 1 heterocycles. The lowest BCUT2D eigenvalue weighted by atomic mass is 10.1. The molecule has 2 N–H and O–H groups in total. The molecule has 0 radical (unpaired) electrons. The van der Waals surface area contributed by atoms with Crippen molar-refractivity contribution >= 4 is 5.96 Å². The van der Waals surface area contributed by atoms with Crippen molar-refractivity contribution in [2.24, 2.45) is 4.99 Å². The number of aliphatic imine (C=N–C) groups is 1. The van der Waals surface area contributed by atoms with E-state index in [4.69, 9.17) is 4.74 Å². The van der Waals surface area contributed by atoms with Gasteiger partial charge in [-0.25, -0.2) is 4.99 Å². The lowest BCUT2D eigenvalue weighted by Gasteiger charge is -2.37. The Hall–Kier alpha value is -1.84. The van der Waals surface area contributed by atoms with Gasteiger partial charge in [0, 0.05) is 45.3 Å². The molecule has 6 nitrogen and oxygen atoms in total. The predicted molar refractivity (Wildman–Crippen MR) is 118 cm³/mol. The highest BCUT2D eigenvalue weighted by atomic mass is 19.4. The van der Waals surface area contributed by atoms with E-state index in [9.17, 15) is 13.2 Å². The molecule has 0 amide bonds. The van der Waals surface area contributed by atoms with Crippen LogP contribution in [0.3, 0.4) is 0 Å². The fourth-order valence-electron chi connectivity index (χ4n) is 3.43. The van der Waals surface area contributed by atoms with E-state index >= 15 is 0 Å². The van der Waals surface area contributed by atoms with Crippen LogP contribution in [0.1, 0.15) is 31.9 Å². The second kappa shape index (κ2) is 12.9. The molecule has 2 rings (SSSR count). The van der Waals surface area contributed by atoms with Crippen molar-refractivity contribution in [1.82, 2.24) is 20.4 Å². The van der Waals surface area contributed by atoms with Crippen molar-refractivity contribution in [2.75, 3.05) is 52.4 Å². The number of nitrogens with zero attached hydrogens (tertiary/aromatic N) is 3. The molecule has 0 saturated carbocycles. The van der Waals surface area contributed by atoms with Crippen LogP contribution in [0.15, 0.2) is 29.3 Å². The molecule has 0 aliphatic carbocycles. The first-order valence-electron chi connectivity index (χ1n) is 11.0. The van der Waals surface area contributed by atoms with Gasteiger partial charge in [-0.2, -0.15) is 13.2 Å². The van der Waals surface area contributed by atoms with E-state index in [1.165, 1.54) is 0 Å². The Kier molecular flexibility index (Phi) is 10.6. The van der Waals surface area contributed by atoms with Gasteiger partial charge in [-0.15, -0.1) is 0 Å². The Bertz CT molecular complexity index is 658. The number of alkyl halides is 3. The smallest absolute Gasteiger partial charge is 0.367 e. The van der Waals surface area contributed by atoms with Crippen LogP contribution in [-0.2, 0) is 17.9 Å². The molecule has 31 heavy (non-hydrogen) atoms. The maximum Gasteiger partial charge on any atom is 0.411 e. The minimum Gasteiger partial charge on any atom is -0.367 e. The number of benzene rings is 1. The Labute approximate surface area is 183 Å². The normalized spacial score (nSPS) is 17.5. The third-order valence-corrected chi connectivity index (χ3v) is 5.36. The monoisotopic (exact) mass is 443 g/mol. The quantitative estimate of drug-likeness (QED) is 0.430. The van der Waals surface area contributed by atoms with Gasteiger partial charge in [0.15, 0.2) is 5.96 Å².